The second-order valence-corrected chi connectivity index (χ2v) is 9.32. The summed E-state index contributed by atoms with van der Waals surface area (Å²) in [6.45, 7) is 3.92. The predicted octanol–water partition coefficient (Wildman–Crippen LogP) is 3.84. The fourth-order valence-electron chi connectivity index (χ4n) is 4.07. The summed E-state index contributed by atoms with van der Waals surface area (Å²) in [5.74, 6) is 1.69. The van der Waals surface area contributed by atoms with Gasteiger partial charge >= 0.3 is 0 Å². The molecule has 2 aromatic carbocycles. The molecule has 3 heterocycles. The molecule has 10 heteroatoms. The molecular formula is C25H23N5O4S. The maximum atomic E-state index is 13.2. The number of rotatable bonds is 6. The van der Waals surface area contributed by atoms with Crippen molar-refractivity contribution in [3.05, 3.63) is 86.6 Å². The van der Waals surface area contributed by atoms with Crippen LogP contribution in [0.4, 0.5) is 5.69 Å². The van der Waals surface area contributed by atoms with Gasteiger partial charge in [0, 0.05) is 28.7 Å². The highest BCUT2D eigenvalue weighted by molar-refractivity contribution is 8.13. The van der Waals surface area contributed by atoms with Crippen molar-refractivity contribution in [3.63, 3.8) is 0 Å². The number of carbonyl (C=O) groups is 1. The maximum Gasteiger partial charge on any atom is 0.276 e. The number of unbranched alkanes of at least 4 members (excludes halogenated alkanes) is 1. The number of hydrogen-bond donors (Lipinski definition) is 1. The van der Waals surface area contributed by atoms with Crippen LogP contribution in [-0.4, -0.2) is 26.8 Å². The lowest BCUT2D eigenvalue weighted by atomic mass is 10.1. The number of thioether (sulfide) groups is 1. The quantitative estimate of drug-likeness (QED) is 0.320. The van der Waals surface area contributed by atoms with Gasteiger partial charge in [0.2, 0.25) is 6.17 Å². The average Bonchev–Trinajstić information content (AvgIpc) is 3.33. The van der Waals surface area contributed by atoms with Crippen LogP contribution < -0.4 is 15.9 Å². The molecule has 3 aromatic rings. The summed E-state index contributed by atoms with van der Waals surface area (Å²) in [7, 11) is 0. The zero-order chi connectivity index (χ0) is 24.5. The van der Waals surface area contributed by atoms with E-state index in [0.29, 0.717) is 33.0 Å². The minimum absolute atomic E-state index is 0.0259. The highest BCUT2D eigenvalue weighted by atomic mass is 32.2. The number of aryl methyl sites for hydroxylation is 1. The number of para-hydroxylation sites is 1. The largest absolute Gasteiger partial charge is 0.457 e. The molecular weight excluding hydrogens is 466 g/mol. The summed E-state index contributed by atoms with van der Waals surface area (Å²) in [4.78, 5) is 28.7. The topological polar surface area (TPSA) is 113 Å². The van der Waals surface area contributed by atoms with Crippen molar-refractivity contribution in [1.82, 2.24) is 10.3 Å². The second-order valence-electron chi connectivity index (χ2n) is 8.23. The van der Waals surface area contributed by atoms with E-state index in [1.165, 1.54) is 23.9 Å². The van der Waals surface area contributed by atoms with Crippen molar-refractivity contribution in [2.24, 2.45) is 10.1 Å². The van der Waals surface area contributed by atoms with Crippen LogP contribution in [0.1, 0.15) is 37.3 Å². The summed E-state index contributed by atoms with van der Waals surface area (Å²) in [5.41, 5.74) is 1.92. The molecule has 0 saturated carbocycles. The maximum absolute atomic E-state index is 13.2. The molecule has 9 nitrogen and oxygen atoms in total. The van der Waals surface area contributed by atoms with Gasteiger partial charge in [-0.2, -0.15) is 0 Å². The molecule has 2 aliphatic rings. The zero-order valence-electron chi connectivity index (χ0n) is 19.2. The number of nitrogens with one attached hydrogen (secondary N) is 1. The van der Waals surface area contributed by atoms with E-state index in [0.717, 1.165) is 29.7 Å². The summed E-state index contributed by atoms with van der Waals surface area (Å²) >= 11 is 1.50. The van der Waals surface area contributed by atoms with Gasteiger partial charge in [0.15, 0.2) is 10.9 Å². The van der Waals surface area contributed by atoms with Crippen LogP contribution in [0.3, 0.4) is 0 Å². The number of nitro groups is 1. The van der Waals surface area contributed by atoms with Crippen LogP contribution >= 0.6 is 11.8 Å². The van der Waals surface area contributed by atoms with E-state index in [4.69, 9.17) is 14.5 Å². The van der Waals surface area contributed by atoms with E-state index < -0.39 is 11.1 Å². The van der Waals surface area contributed by atoms with Crippen molar-refractivity contribution in [1.29, 1.82) is 0 Å². The Bertz CT molecular complexity index is 1480. The Hall–Kier alpha value is -3.92. The molecule has 0 radical (unpaired) electrons. The Morgan fingerprint density at radius 1 is 1.20 bits per heavy atom. The van der Waals surface area contributed by atoms with Crippen molar-refractivity contribution in [2.75, 3.05) is 5.75 Å². The number of amides is 1. The Morgan fingerprint density at radius 2 is 2.03 bits per heavy atom. The van der Waals surface area contributed by atoms with Gasteiger partial charge in [-0.25, -0.2) is 10.0 Å². The minimum atomic E-state index is -0.667. The molecule has 0 spiro atoms. The standard InChI is InChI=1S/C25H23N5O4S/c1-3-4-13-35-25-27-24(31)22-18-7-5-6-8-19(18)26-23(29(22)28-25)21-12-11-20(34-21)17-10-9-16(30(32)33)14-15(17)2/h5-12,14,23H,3-4,13H2,1-2H3,(H,27,28,31)/t23-/m1/s1. The highest BCUT2D eigenvalue weighted by Gasteiger charge is 2.36. The van der Waals surface area contributed by atoms with Crippen LogP contribution in [0, 0.1) is 17.0 Å². The summed E-state index contributed by atoms with van der Waals surface area (Å²) in [6.07, 6.45) is 1.40. The Balaban J connectivity index is 1.56. The average molecular weight is 490 g/mol. The number of hydrogen-bond acceptors (Lipinski definition) is 8. The molecule has 5 rings (SSSR count). The molecule has 2 aliphatic heterocycles. The summed E-state index contributed by atoms with van der Waals surface area (Å²) < 4.78 is 6.20. The third kappa shape index (κ3) is 4.32. The van der Waals surface area contributed by atoms with E-state index in [1.54, 1.807) is 18.0 Å². The number of hydrazone groups is 1. The molecule has 0 unspecified atom stereocenters. The number of amidine groups is 1. The highest BCUT2D eigenvalue weighted by Crippen LogP contribution is 2.35. The lowest BCUT2D eigenvalue weighted by Crippen LogP contribution is -2.50. The normalized spacial score (nSPS) is 16.7. The molecule has 0 aliphatic carbocycles. The molecule has 0 bridgehead atoms. The van der Waals surface area contributed by atoms with E-state index in [9.17, 15) is 14.9 Å². The van der Waals surface area contributed by atoms with Gasteiger partial charge in [-0.15, -0.1) is 5.10 Å². The SMILES string of the molecule is CCCCSC1=NN2C(=c3ccccc3=N[C@H]2c2ccc(-c3ccc([N+](=O)[O-])cc3C)o2)C(=O)N1. The molecule has 178 valence electrons. The van der Waals surface area contributed by atoms with Crippen LogP contribution in [-0.2, 0) is 4.79 Å². The van der Waals surface area contributed by atoms with Crippen molar-refractivity contribution in [3.8, 4) is 11.3 Å². The van der Waals surface area contributed by atoms with E-state index in [1.807, 2.05) is 36.4 Å². The van der Waals surface area contributed by atoms with Crippen molar-refractivity contribution in [2.45, 2.75) is 32.9 Å². The predicted molar refractivity (Wildman–Crippen MR) is 134 cm³/mol. The first kappa shape index (κ1) is 22.9. The van der Waals surface area contributed by atoms with Gasteiger partial charge < -0.3 is 4.42 Å². The Morgan fingerprint density at radius 3 is 2.80 bits per heavy atom. The van der Waals surface area contributed by atoms with Crippen LogP contribution in [0.5, 0.6) is 0 Å². The first-order valence-corrected chi connectivity index (χ1v) is 12.3. The van der Waals surface area contributed by atoms with Gasteiger partial charge in [0.05, 0.1) is 10.3 Å². The minimum Gasteiger partial charge on any atom is -0.457 e. The summed E-state index contributed by atoms with van der Waals surface area (Å²) in [5, 5.41) is 22.3. The van der Waals surface area contributed by atoms with E-state index in [2.05, 4.69) is 12.2 Å². The first-order chi connectivity index (χ1) is 17.0. The lowest BCUT2D eigenvalue weighted by Gasteiger charge is -2.32. The van der Waals surface area contributed by atoms with Gasteiger partial charge in [0.25, 0.3) is 11.6 Å². The zero-order valence-corrected chi connectivity index (χ0v) is 20.0. The van der Waals surface area contributed by atoms with Crippen LogP contribution in [0.2, 0.25) is 0 Å². The fraction of sp³-hybridized carbons (Fsp3) is 0.240. The third-order valence-electron chi connectivity index (χ3n) is 5.82. The van der Waals surface area contributed by atoms with Gasteiger partial charge in [-0.3, -0.25) is 20.2 Å². The number of fused-ring (bicyclic) bond motifs is 2. The number of benzene rings is 2. The first-order valence-electron chi connectivity index (χ1n) is 11.3. The van der Waals surface area contributed by atoms with Crippen LogP contribution in [0.25, 0.3) is 17.0 Å². The van der Waals surface area contributed by atoms with Gasteiger partial charge in [-0.05, 0) is 43.2 Å². The van der Waals surface area contributed by atoms with Crippen LogP contribution in [0.15, 0.2) is 69.1 Å². The Kier molecular flexibility index (Phi) is 6.12. The number of non-ortho nitro benzene ring substituents is 1. The number of carbonyl (C=O) groups excluding carboxylic acids is 1. The van der Waals surface area contributed by atoms with E-state index in [-0.39, 0.29) is 11.6 Å². The molecule has 1 amide bonds. The van der Waals surface area contributed by atoms with Crippen molar-refractivity contribution < 1.29 is 14.1 Å². The third-order valence-corrected chi connectivity index (χ3v) is 6.77. The number of nitro benzene ring substituents is 1. The lowest BCUT2D eigenvalue weighted by molar-refractivity contribution is -0.384. The molecule has 1 atom stereocenters. The molecule has 0 saturated heterocycles. The molecule has 35 heavy (non-hydrogen) atoms. The monoisotopic (exact) mass is 489 g/mol. The second kappa shape index (κ2) is 9.38. The number of furan rings is 1. The van der Waals surface area contributed by atoms with Crippen molar-refractivity contribution >= 4 is 34.2 Å². The number of nitrogens with zero attached hydrogens (tertiary/aromatic N) is 4. The van der Waals surface area contributed by atoms with Gasteiger partial charge in [-0.1, -0.05) is 43.3 Å². The Labute approximate surface area is 205 Å². The fourth-order valence-corrected chi connectivity index (χ4v) is 5.00. The molecule has 0 fully saturated rings. The van der Waals surface area contributed by atoms with Gasteiger partial charge in [0.1, 0.15) is 11.5 Å². The molecule has 1 N–H and O–H groups in total. The summed E-state index contributed by atoms with van der Waals surface area (Å²) in [6, 6.07) is 15.7. The smallest absolute Gasteiger partial charge is 0.276 e. The van der Waals surface area contributed by atoms with E-state index >= 15 is 0 Å². The molecule has 1 aromatic heterocycles.